The van der Waals surface area contributed by atoms with Crippen LogP contribution in [0.25, 0.3) is 0 Å². The summed E-state index contributed by atoms with van der Waals surface area (Å²) in [6.07, 6.45) is 7.55. The molecule has 2 N–H and O–H groups in total. The Labute approximate surface area is 156 Å². The molecule has 0 aromatic heterocycles. The number of ether oxygens (including phenoxy) is 1. The van der Waals surface area contributed by atoms with E-state index < -0.39 is 18.4 Å². The fourth-order valence-electron chi connectivity index (χ4n) is 3.83. The van der Waals surface area contributed by atoms with Crippen LogP contribution in [0.5, 0.6) is 5.75 Å². The van der Waals surface area contributed by atoms with Crippen molar-refractivity contribution >= 4 is 0 Å². The van der Waals surface area contributed by atoms with E-state index in [1.54, 1.807) is 0 Å². The normalized spacial score (nSPS) is 27.1. The highest BCUT2D eigenvalue weighted by molar-refractivity contribution is 5.20. The molecule has 4 heteroatoms. The van der Waals surface area contributed by atoms with E-state index in [1.807, 2.05) is 30.3 Å². The van der Waals surface area contributed by atoms with Crippen molar-refractivity contribution in [1.29, 1.82) is 0 Å². The quantitative estimate of drug-likeness (QED) is 0.561. The maximum atomic E-state index is 14.2. The molecule has 0 unspecified atom stereocenters. The fraction of sp³-hybridized carbons (Fsp3) is 0.636. The minimum Gasteiger partial charge on any atom is -0.491 e. The van der Waals surface area contributed by atoms with Crippen molar-refractivity contribution in [2.24, 2.45) is 11.8 Å². The van der Waals surface area contributed by atoms with Crippen LogP contribution in [0.3, 0.4) is 0 Å². The highest BCUT2D eigenvalue weighted by Crippen LogP contribution is 2.39. The van der Waals surface area contributed by atoms with E-state index in [2.05, 4.69) is 19.1 Å². The Morgan fingerprint density at radius 2 is 1.73 bits per heavy atom. The van der Waals surface area contributed by atoms with Gasteiger partial charge < -0.3 is 14.9 Å². The minimum atomic E-state index is -1.06. The second-order valence-electron chi connectivity index (χ2n) is 7.33. The van der Waals surface area contributed by atoms with Gasteiger partial charge in [-0.15, -0.1) is 0 Å². The molecular formula is C22H33FO3. The SMILES string of the molecule is CCC/C=C\CC[C@@H]1[C@@H](CC[C@@H](F)COc2ccccc2)[C@H](O)C[C@@H]1O. The van der Waals surface area contributed by atoms with E-state index in [0.29, 0.717) is 25.0 Å². The van der Waals surface area contributed by atoms with Crippen LogP contribution in [-0.2, 0) is 0 Å². The number of unbranched alkanes of at least 4 members (excludes halogenated alkanes) is 1. The first-order valence-electron chi connectivity index (χ1n) is 9.94. The summed E-state index contributed by atoms with van der Waals surface area (Å²) in [4.78, 5) is 0. The van der Waals surface area contributed by atoms with Crippen LogP contribution in [-0.4, -0.2) is 35.2 Å². The molecule has 146 valence electrons. The van der Waals surface area contributed by atoms with Crippen molar-refractivity contribution in [1.82, 2.24) is 0 Å². The Bertz CT molecular complexity index is 519. The third kappa shape index (κ3) is 6.73. The molecule has 0 saturated heterocycles. The number of hydrogen-bond acceptors (Lipinski definition) is 3. The van der Waals surface area contributed by atoms with Gasteiger partial charge in [-0.25, -0.2) is 4.39 Å². The Morgan fingerprint density at radius 3 is 2.42 bits per heavy atom. The van der Waals surface area contributed by atoms with Crippen molar-refractivity contribution < 1.29 is 19.3 Å². The molecule has 5 atom stereocenters. The zero-order chi connectivity index (χ0) is 18.8. The molecule has 0 aliphatic heterocycles. The van der Waals surface area contributed by atoms with E-state index >= 15 is 0 Å². The molecule has 3 nitrogen and oxygen atoms in total. The van der Waals surface area contributed by atoms with Crippen LogP contribution in [0.1, 0.15) is 51.9 Å². The van der Waals surface area contributed by atoms with Gasteiger partial charge in [-0.1, -0.05) is 43.7 Å². The molecular weight excluding hydrogens is 331 g/mol. The standard InChI is InChI=1S/C22H33FO3/c1-2-3-4-5-9-12-19-20(22(25)15-21(19)24)14-13-17(23)16-26-18-10-7-6-8-11-18/h4-8,10-11,17,19-22,24-25H,2-3,9,12-16H2,1H3/b5-4-/t17-,19-,20-,21+,22-/m1/s1. The smallest absolute Gasteiger partial charge is 0.134 e. The molecule has 1 fully saturated rings. The molecule has 0 amide bonds. The molecule has 26 heavy (non-hydrogen) atoms. The predicted molar refractivity (Wildman–Crippen MR) is 103 cm³/mol. The zero-order valence-electron chi connectivity index (χ0n) is 15.8. The summed E-state index contributed by atoms with van der Waals surface area (Å²) < 4.78 is 19.7. The minimum absolute atomic E-state index is 0.0276. The highest BCUT2D eigenvalue weighted by atomic mass is 19.1. The van der Waals surface area contributed by atoms with Gasteiger partial charge in [0, 0.05) is 0 Å². The Hall–Kier alpha value is -1.39. The summed E-state index contributed by atoms with van der Waals surface area (Å²) in [7, 11) is 0. The molecule has 1 aromatic carbocycles. The van der Waals surface area contributed by atoms with Gasteiger partial charge in [0.05, 0.1) is 12.2 Å². The maximum absolute atomic E-state index is 14.2. The third-order valence-corrected chi connectivity index (χ3v) is 5.30. The summed E-state index contributed by atoms with van der Waals surface area (Å²) in [6.45, 7) is 2.17. The molecule has 2 rings (SSSR count). The lowest BCUT2D eigenvalue weighted by Gasteiger charge is -2.24. The third-order valence-electron chi connectivity index (χ3n) is 5.30. The lowest BCUT2D eigenvalue weighted by atomic mass is 9.85. The second kappa shape index (κ2) is 11.3. The molecule has 1 aliphatic carbocycles. The predicted octanol–water partition coefficient (Wildman–Crippen LogP) is 4.68. The number of para-hydroxylation sites is 1. The van der Waals surface area contributed by atoms with Crippen molar-refractivity contribution in [2.75, 3.05) is 6.61 Å². The number of alkyl halides is 1. The fourth-order valence-corrected chi connectivity index (χ4v) is 3.83. The lowest BCUT2D eigenvalue weighted by Crippen LogP contribution is -2.24. The Kier molecular flexibility index (Phi) is 9.13. The van der Waals surface area contributed by atoms with Crippen LogP contribution in [0.2, 0.25) is 0 Å². The van der Waals surface area contributed by atoms with Gasteiger partial charge in [-0.2, -0.15) is 0 Å². The summed E-state index contributed by atoms with van der Waals surface area (Å²) in [5.74, 6) is 0.696. The summed E-state index contributed by atoms with van der Waals surface area (Å²) in [5.41, 5.74) is 0. The van der Waals surface area contributed by atoms with Crippen LogP contribution >= 0.6 is 0 Å². The van der Waals surface area contributed by atoms with E-state index in [9.17, 15) is 14.6 Å². The molecule has 0 bridgehead atoms. The van der Waals surface area contributed by atoms with E-state index in [0.717, 1.165) is 25.7 Å². The van der Waals surface area contributed by atoms with E-state index in [-0.39, 0.29) is 18.4 Å². The Balaban J connectivity index is 1.75. The number of hydrogen-bond donors (Lipinski definition) is 2. The number of rotatable bonds is 11. The summed E-state index contributed by atoms with van der Waals surface area (Å²) in [6, 6.07) is 9.23. The molecule has 0 radical (unpaired) electrons. The van der Waals surface area contributed by atoms with Gasteiger partial charge in [0.2, 0.25) is 0 Å². The molecule has 1 saturated carbocycles. The molecule has 1 aromatic rings. The topological polar surface area (TPSA) is 49.7 Å². The van der Waals surface area contributed by atoms with Gasteiger partial charge >= 0.3 is 0 Å². The summed E-state index contributed by atoms with van der Waals surface area (Å²) in [5, 5.41) is 20.5. The number of aliphatic hydroxyl groups is 2. The monoisotopic (exact) mass is 364 g/mol. The average Bonchev–Trinajstić information content (AvgIpc) is 2.91. The maximum Gasteiger partial charge on any atom is 0.134 e. The van der Waals surface area contributed by atoms with Gasteiger partial charge in [0.1, 0.15) is 18.5 Å². The van der Waals surface area contributed by atoms with E-state index in [4.69, 9.17) is 4.74 Å². The van der Waals surface area contributed by atoms with Crippen LogP contribution < -0.4 is 4.74 Å². The van der Waals surface area contributed by atoms with Crippen molar-refractivity contribution in [2.45, 2.75) is 70.2 Å². The first-order chi connectivity index (χ1) is 12.6. The highest BCUT2D eigenvalue weighted by Gasteiger charge is 2.40. The Morgan fingerprint density at radius 1 is 1.08 bits per heavy atom. The number of aliphatic hydroxyl groups excluding tert-OH is 2. The van der Waals surface area contributed by atoms with Gasteiger partial charge in [0.15, 0.2) is 0 Å². The van der Waals surface area contributed by atoms with Crippen LogP contribution in [0.15, 0.2) is 42.5 Å². The van der Waals surface area contributed by atoms with Crippen LogP contribution in [0.4, 0.5) is 4.39 Å². The van der Waals surface area contributed by atoms with Crippen molar-refractivity contribution in [3.8, 4) is 5.75 Å². The number of halogens is 1. The number of allylic oxidation sites excluding steroid dienone is 2. The van der Waals surface area contributed by atoms with E-state index in [1.165, 1.54) is 0 Å². The molecule has 0 heterocycles. The lowest BCUT2D eigenvalue weighted by molar-refractivity contribution is 0.0912. The van der Waals surface area contributed by atoms with Crippen molar-refractivity contribution in [3.63, 3.8) is 0 Å². The van der Waals surface area contributed by atoms with Crippen molar-refractivity contribution in [3.05, 3.63) is 42.5 Å². The summed E-state index contributed by atoms with van der Waals surface area (Å²) >= 11 is 0. The average molecular weight is 365 g/mol. The van der Waals surface area contributed by atoms with Gasteiger partial charge in [-0.05, 0) is 62.5 Å². The second-order valence-corrected chi connectivity index (χ2v) is 7.33. The largest absolute Gasteiger partial charge is 0.491 e. The molecule has 0 spiro atoms. The van der Waals surface area contributed by atoms with Crippen LogP contribution in [0, 0.1) is 11.8 Å². The number of benzene rings is 1. The van der Waals surface area contributed by atoms with Gasteiger partial charge in [-0.3, -0.25) is 0 Å². The first kappa shape index (κ1) is 20.9. The first-order valence-corrected chi connectivity index (χ1v) is 9.94. The zero-order valence-corrected chi connectivity index (χ0v) is 15.8. The van der Waals surface area contributed by atoms with Gasteiger partial charge in [0.25, 0.3) is 0 Å². The molecule has 1 aliphatic rings.